The van der Waals surface area contributed by atoms with Crippen LogP contribution in [-0.2, 0) is 22.7 Å². The number of fused-ring (bicyclic) bond motifs is 1. The van der Waals surface area contributed by atoms with E-state index in [4.69, 9.17) is 18.7 Å². The predicted octanol–water partition coefficient (Wildman–Crippen LogP) is 2.99. The van der Waals surface area contributed by atoms with Gasteiger partial charge in [0.25, 0.3) is 0 Å². The minimum absolute atomic E-state index is 0.00436. The first-order valence-electron chi connectivity index (χ1n) is 10.2. The van der Waals surface area contributed by atoms with Crippen molar-refractivity contribution in [1.82, 2.24) is 15.0 Å². The molecule has 2 aliphatic heterocycles. The predicted molar refractivity (Wildman–Crippen MR) is 114 cm³/mol. The van der Waals surface area contributed by atoms with E-state index in [2.05, 4.69) is 16.1 Å². The van der Waals surface area contributed by atoms with Crippen molar-refractivity contribution in [1.29, 1.82) is 0 Å². The van der Waals surface area contributed by atoms with E-state index >= 15 is 0 Å². The Kier molecular flexibility index (Phi) is 5.88. The molecule has 1 saturated heterocycles. The number of thiophene rings is 1. The molecule has 0 unspecified atom stereocenters. The van der Waals surface area contributed by atoms with Gasteiger partial charge in [-0.1, -0.05) is 17.3 Å². The maximum Gasteiger partial charge on any atom is 0.248 e. The molecule has 0 bridgehead atoms. The lowest BCUT2D eigenvalue weighted by atomic mass is 10.1. The Balaban J connectivity index is 1.04. The summed E-state index contributed by atoms with van der Waals surface area (Å²) in [5, 5.41) is 6.00. The number of aromatic nitrogens is 1. The van der Waals surface area contributed by atoms with Gasteiger partial charge in [0, 0.05) is 38.8 Å². The molecule has 162 valence electrons. The summed E-state index contributed by atoms with van der Waals surface area (Å²) < 4.78 is 21.7. The van der Waals surface area contributed by atoms with Crippen LogP contribution in [0.25, 0.3) is 10.6 Å². The number of amides is 1. The van der Waals surface area contributed by atoms with Crippen molar-refractivity contribution in [3.05, 3.63) is 53.0 Å². The number of ether oxygens (including phenoxy) is 3. The largest absolute Gasteiger partial charge is 0.454 e. The number of hydrogen-bond acceptors (Lipinski definition) is 8. The van der Waals surface area contributed by atoms with Gasteiger partial charge < -0.3 is 23.6 Å². The second-order valence-corrected chi connectivity index (χ2v) is 8.44. The van der Waals surface area contributed by atoms with E-state index in [9.17, 15) is 4.79 Å². The van der Waals surface area contributed by atoms with Gasteiger partial charge in [-0.3, -0.25) is 9.69 Å². The molecule has 9 heteroatoms. The van der Waals surface area contributed by atoms with Crippen molar-refractivity contribution in [2.24, 2.45) is 0 Å². The average molecular weight is 442 g/mol. The second-order valence-electron chi connectivity index (χ2n) is 7.50. The Labute approximate surface area is 183 Å². The monoisotopic (exact) mass is 441 g/mol. The van der Waals surface area contributed by atoms with Crippen molar-refractivity contribution < 1.29 is 23.5 Å². The minimum Gasteiger partial charge on any atom is -0.454 e. The van der Waals surface area contributed by atoms with Crippen LogP contribution in [0.2, 0.25) is 0 Å². The van der Waals surface area contributed by atoms with E-state index in [1.165, 1.54) is 5.56 Å². The summed E-state index contributed by atoms with van der Waals surface area (Å²) in [7, 11) is 0. The summed E-state index contributed by atoms with van der Waals surface area (Å²) in [5.41, 5.74) is 1.87. The molecule has 31 heavy (non-hydrogen) atoms. The number of benzene rings is 1. The van der Waals surface area contributed by atoms with E-state index in [0.717, 1.165) is 41.8 Å². The molecule has 0 radical (unpaired) electrons. The lowest BCUT2D eigenvalue weighted by Gasteiger charge is -2.34. The Morgan fingerprint density at radius 1 is 1.10 bits per heavy atom. The summed E-state index contributed by atoms with van der Waals surface area (Å²) in [5.74, 6) is 2.33. The van der Waals surface area contributed by atoms with Gasteiger partial charge in [-0.15, -0.1) is 11.3 Å². The first kappa shape index (κ1) is 20.0. The van der Waals surface area contributed by atoms with Gasteiger partial charge in [0.2, 0.25) is 12.7 Å². The Morgan fingerprint density at radius 2 is 1.97 bits per heavy atom. The zero-order chi connectivity index (χ0) is 21.0. The molecule has 0 atom stereocenters. The van der Waals surface area contributed by atoms with Crippen LogP contribution in [0.5, 0.6) is 11.5 Å². The van der Waals surface area contributed by atoms with Crippen LogP contribution in [-0.4, -0.2) is 60.4 Å². The Hall–Kier alpha value is -2.88. The molecular weight excluding hydrogens is 418 g/mol. The maximum atomic E-state index is 12.5. The van der Waals surface area contributed by atoms with Gasteiger partial charge in [-0.2, -0.15) is 0 Å². The Morgan fingerprint density at radius 3 is 2.81 bits per heavy atom. The summed E-state index contributed by atoms with van der Waals surface area (Å²) in [6, 6.07) is 11.8. The molecule has 1 fully saturated rings. The fourth-order valence-corrected chi connectivity index (χ4v) is 4.38. The normalized spacial score (nSPS) is 16.1. The van der Waals surface area contributed by atoms with Gasteiger partial charge in [0.05, 0.1) is 11.5 Å². The summed E-state index contributed by atoms with van der Waals surface area (Å²) in [4.78, 5) is 17.7. The highest BCUT2D eigenvalue weighted by atomic mass is 32.1. The highest BCUT2D eigenvalue weighted by molar-refractivity contribution is 7.13. The van der Waals surface area contributed by atoms with Gasteiger partial charge in [0.1, 0.15) is 12.3 Å². The molecule has 8 nitrogen and oxygen atoms in total. The summed E-state index contributed by atoms with van der Waals surface area (Å²) >= 11 is 1.59. The molecule has 5 rings (SSSR count). The van der Waals surface area contributed by atoms with Crippen LogP contribution in [0.1, 0.15) is 11.3 Å². The summed E-state index contributed by atoms with van der Waals surface area (Å²) in [6.07, 6.45) is 0. The van der Waals surface area contributed by atoms with E-state index in [-0.39, 0.29) is 25.9 Å². The van der Waals surface area contributed by atoms with E-state index < -0.39 is 0 Å². The molecule has 0 N–H and O–H groups in total. The first-order valence-corrected chi connectivity index (χ1v) is 11.1. The van der Waals surface area contributed by atoms with E-state index in [0.29, 0.717) is 18.8 Å². The number of piperazine rings is 1. The Bertz CT molecular complexity index is 1030. The SMILES string of the molecule is O=C(COCc1cc(-c2cccs2)on1)N1CCN(Cc2ccc3c(c2)OCO3)CC1. The minimum atomic E-state index is 0.00436. The number of rotatable bonds is 7. The van der Waals surface area contributed by atoms with Crippen LogP contribution in [0.15, 0.2) is 46.3 Å². The van der Waals surface area contributed by atoms with Gasteiger partial charge in [-0.05, 0) is 29.1 Å². The number of carbonyl (C=O) groups is 1. The van der Waals surface area contributed by atoms with Gasteiger partial charge >= 0.3 is 0 Å². The van der Waals surface area contributed by atoms with Crippen molar-refractivity contribution in [3.8, 4) is 22.1 Å². The molecule has 0 spiro atoms. The average Bonchev–Trinajstić information content (AvgIpc) is 3.55. The van der Waals surface area contributed by atoms with Crippen LogP contribution >= 0.6 is 11.3 Å². The van der Waals surface area contributed by atoms with E-state index in [1.54, 1.807) is 11.3 Å². The lowest BCUT2D eigenvalue weighted by Crippen LogP contribution is -2.49. The number of carbonyl (C=O) groups excluding carboxylic acids is 1. The van der Waals surface area contributed by atoms with Crippen LogP contribution in [0.3, 0.4) is 0 Å². The first-order chi connectivity index (χ1) is 15.2. The third-order valence-electron chi connectivity index (χ3n) is 5.37. The van der Waals surface area contributed by atoms with Crippen molar-refractivity contribution in [2.75, 3.05) is 39.6 Å². The molecule has 1 aromatic carbocycles. The van der Waals surface area contributed by atoms with E-state index in [1.807, 2.05) is 40.6 Å². The topological polar surface area (TPSA) is 77.3 Å². The maximum absolute atomic E-state index is 12.5. The second kappa shape index (κ2) is 9.09. The third-order valence-corrected chi connectivity index (χ3v) is 6.25. The van der Waals surface area contributed by atoms with Crippen molar-refractivity contribution in [3.63, 3.8) is 0 Å². The molecule has 4 heterocycles. The van der Waals surface area contributed by atoms with Gasteiger partial charge in [0.15, 0.2) is 17.3 Å². The fraction of sp³-hybridized carbons (Fsp3) is 0.364. The molecule has 3 aromatic rings. The zero-order valence-electron chi connectivity index (χ0n) is 17.0. The molecule has 0 aliphatic carbocycles. The van der Waals surface area contributed by atoms with Crippen LogP contribution < -0.4 is 9.47 Å². The number of hydrogen-bond donors (Lipinski definition) is 0. The molecule has 2 aromatic heterocycles. The quantitative estimate of drug-likeness (QED) is 0.558. The molecule has 2 aliphatic rings. The fourth-order valence-electron chi connectivity index (χ4n) is 3.70. The third kappa shape index (κ3) is 4.73. The number of nitrogens with zero attached hydrogens (tertiary/aromatic N) is 3. The lowest BCUT2D eigenvalue weighted by molar-refractivity contribution is -0.138. The van der Waals surface area contributed by atoms with Crippen LogP contribution in [0, 0.1) is 0 Å². The van der Waals surface area contributed by atoms with Crippen LogP contribution in [0.4, 0.5) is 0 Å². The highest BCUT2D eigenvalue weighted by Crippen LogP contribution is 2.33. The standard InChI is InChI=1S/C22H23N3O5S/c26-22(14-27-13-17-11-20(30-23-17)21-2-1-9-31-21)25-7-5-24(6-8-25)12-16-3-4-18-19(10-16)29-15-28-18/h1-4,9-11H,5-8,12-15H2. The van der Waals surface area contributed by atoms with Crippen molar-refractivity contribution in [2.45, 2.75) is 13.2 Å². The smallest absolute Gasteiger partial charge is 0.248 e. The zero-order valence-corrected chi connectivity index (χ0v) is 17.8. The highest BCUT2D eigenvalue weighted by Gasteiger charge is 2.22. The summed E-state index contributed by atoms with van der Waals surface area (Å²) in [6.45, 7) is 4.45. The molecule has 1 amide bonds. The van der Waals surface area contributed by atoms with Crippen molar-refractivity contribution >= 4 is 17.2 Å². The molecular formula is C22H23N3O5S. The van der Waals surface area contributed by atoms with Gasteiger partial charge in [-0.25, -0.2) is 0 Å². The molecule has 0 saturated carbocycles.